The molecule has 1 heterocycles. The van der Waals surface area contributed by atoms with E-state index in [0.29, 0.717) is 17.2 Å². The Morgan fingerprint density at radius 3 is 2.85 bits per heavy atom. The lowest BCUT2D eigenvalue weighted by atomic mass is 10.1. The molecule has 2 aromatic rings. The number of rotatable bonds is 4. The van der Waals surface area contributed by atoms with Crippen LogP contribution in [0.5, 0.6) is 0 Å². The van der Waals surface area contributed by atoms with Crippen LogP contribution < -0.4 is 11.1 Å². The topological polar surface area (TPSA) is 80.6 Å². The fourth-order valence-corrected chi connectivity index (χ4v) is 1.70. The zero-order valence-electron chi connectivity index (χ0n) is 10.9. The summed E-state index contributed by atoms with van der Waals surface area (Å²) in [4.78, 5) is 16.0. The van der Waals surface area contributed by atoms with Gasteiger partial charge >= 0.3 is 0 Å². The number of halogens is 1. The fourth-order valence-electron chi connectivity index (χ4n) is 1.65. The molecule has 0 saturated heterocycles. The predicted octanol–water partition coefficient (Wildman–Crippen LogP) is 3.07. The van der Waals surface area contributed by atoms with Crippen LogP contribution in [0.2, 0.25) is 0 Å². The number of benzene rings is 1. The summed E-state index contributed by atoms with van der Waals surface area (Å²) in [5.74, 6) is 0.488. The SMILES string of the molecule is Cc1cc(N=C(N)CCl)ccc1NC(=O)c1ccco1. The van der Waals surface area contributed by atoms with E-state index in [1.165, 1.54) is 6.26 Å². The maximum Gasteiger partial charge on any atom is 0.291 e. The van der Waals surface area contributed by atoms with E-state index < -0.39 is 0 Å². The van der Waals surface area contributed by atoms with E-state index in [2.05, 4.69) is 10.3 Å². The Balaban J connectivity index is 2.16. The first-order valence-electron chi connectivity index (χ1n) is 5.94. The average Bonchev–Trinajstić information content (AvgIpc) is 2.95. The Morgan fingerprint density at radius 1 is 1.45 bits per heavy atom. The summed E-state index contributed by atoms with van der Waals surface area (Å²) in [5, 5.41) is 2.77. The Morgan fingerprint density at radius 2 is 2.25 bits per heavy atom. The zero-order chi connectivity index (χ0) is 14.5. The van der Waals surface area contributed by atoms with Crippen LogP contribution in [0.1, 0.15) is 16.1 Å². The molecule has 2 rings (SSSR count). The Bertz CT molecular complexity index is 636. The lowest BCUT2D eigenvalue weighted by Gasteiger charge is -2.08. The lowest BCUT2D eigenvalue weighted by molar-refractivity contribution is 0.0996. The van der Waals surface area contributed by atoms with Crippen LogP contribution in [0.25, 0.3) is 0 Å². The van der Waals surface area contributed by atoms with Crippen molar-refractivity contribution in [3.05, 3.63) is 47.9 Å². The van der Waals surface area contributed by atoms with Crippen LogP contribution >= 0.6 is 11.6 Å². The number of anilines is 1. The molecule has 0 unspecified atom stereocenters. The third-order valence-corrected chi connectivity index (χ3v) is 2.89. The van der Waals surface area contributed by atoms with Gasteiger partial charge in [-0.3, -0.25) is 4.79 Å². The van der Waals surface area contributed by atoms with Crippen LogP contribution in [-0.4, -0.2) is 17.6 Å². The summed E-state index contributed by atoms with van der Waals surface area (Å²) in [7, 11) is 0. The summed E-state index contributed by atoms with van der Waals surface area (Å²) in [6.07, 6.45) is 1.45. The smallest absolute Gasteiger partial charge is 0.291 e. The van der Waals surface area contributed by atoms with Gasteiger partial charge in [-0.25, -0.2) is 4.99 Å². The van der Waals surface area contributed by atoms with Gasteiger partial charge in [-0.1, -0.05) is 0 Å². The first-order valence-corrected chi connectivity index (χ1v) is 6.48. The molecule has 0 radical (unpaired) electrons. The van der Waals surface area contributed by atoms with Gasteiger partial charge in [0.1, 0.15) is 5.84 Å². The minimum atomic E-state index is -0.297. The molecule has 104 valence electrons. The fraction of sp³-hybridized carbons (Fsp3) is 0.143. The summed E-state index contributed by atoms with van der Waals surface area (Å²) in [5.41, 5.74) is 7.82. The van der Waals surface area contributed by atoms with E-state index >= 15 is 0 Å². The first-order chi connectivity index (χ1) is 9.60. The zero-order valence-corrected chi connectivity index (χ0v) is 11.6. The molecule has 0 aliphatic rings. The predicted molar refractivity (Wildman–Crippen MR) is 79.8 cm³/mol. The average molecular weight is 292 g/mol. The number of nitrogens with two attached hydrogens (primary N) is 1. The number of hydrogen-bond acceptors (Lipinski definition) is 3. The third kappa shape index (κ3) is 3.39. The molecule has 0 fully saturated rings. The standard InChI is InChI=1S/C14H14ClN3O2/c1-9-7-10(17-13(16)8-15)4-5-11(9)18-14(19)12-3-2-6-20-12/h2-7H,8H2,1H3,(H2,16,17)(H,18,19). The van der Waals surface area contributed by atoms with Crippen LogP contribution in [0.3, 0.4) is 0 Å². The van der Waals surface area contributed by atoms with E-state index in [9.17, 15) is 4.79 Å². The van der Waals surface area contributed by atoms with Crippen molar-refractivity contribution in [2.45, 2.75) is 6.92 Å². The van der Waals surface area contributed by atoms with Crippen LogP contribution in [0, 0.1) is 6.92 Å². The second-order valence-corrected chi connectivity index (χ2v) is 4.43. The Labute approximate surface area is 121 Å². The van der Waals surface area contributed by atoms with Crippen molar-refractivity contribution in [2.75, 3.05) is 11.2 Å². The van der Waals surface area contributed by atoms with Crippen molar-refractivity contribution in [1.29, 1.82) is 0 Å². The molecule has 0 spiro atoms. The normalized spacial score (nSPS) is 11.4. The van der Waals surface area contributed by atoms with E-state index in [0.717, 1.165) is 5.56 Å². The maximum atomic E-state index is 11.9. The second-order valence-electron chi connectivity index (χ2n) is 4.17. The molecule has 5 nitrogen and oxygen atoms in total. The van der Waals surface area contributed by atoms with Gasteiger partial charge < -0.3 is 15.5 Å². The van der Waals surface area contributed by atoms with Crippen LogP contribution in [0.15, 0.2) is 46.0 Å². The number of carbonyl (C=O) groups excluding carboxylic acids is 1. The van der Waals surface area contributed by atoms with Crippen molar-refractivity contribution in [2.24, 2.45) is 10.7 Å². The number of carbonyl (C=O) groups is 1. The molecule has 20 heavy (non-hydrogen) atoms. The van der Waals surface area contributed by atoms with Crippen molar-refractivity contribution in [1.82, 2.24) is 0 Å². The van der Waals surface area contributed by atoms with Crippen molar-refractivity contribution in [3.8, 4) is 0 Å². The number of hydrogen-bond donors (Lipinski definition) is 2. The van der Waals surface area contributed by atoms with E-state index in [4.69, 9.17) is 21.8 Å². The highest BCUT2D eigenvalue weighted by Gasteiger charge is 2.10. The van der Waals surface area contributed by atoms with Crippen molar-refractivity contribution in [3.63, 3.8) is 0 Å². The van der Waals surface area contributed by atoms with Gasteiger partial charge in [-0.2, -0.15) is 0 Å². The Hall–Kier alpha value is -2.27. The van der Waals surface area contributed by atoms with Gasteiger partial charge in [0.15, 0.2) is 5.76 Å². The molecule has 0 atom stereocenters. The molecule has 0 aliphatic heterocycles. The Kier molecular flexibility index (Phi) is 4.42. The van der Waals surface area contributed by atoms with Gasteiger partial charge in [0.2, 0.25) is 0 Å². The van der Waals surface area contributed by atoms with Gasteiger partial charge in [-0.15, -0.1) is 11.6 Å². The molecular formula is C14H14ClN3O2. The molecule has 6 heteroatoms. The lowest BCUT2D eigenvalue weighted by Crippen LogP contribution is -2.12. The molecule has 0 bridgehead atoms. The number of aliphatic imine (C=N–C) groups is 1. The molecule has 3 N–H and O–H groups in total. The van der Waals surface area contributed by atoms with E-state index in [-0.39, 0.29) is 17.5 Å². The molecular weight excluding hydrogens is 278 g/mol. The molecule has 0 aliphatic carbocycles. The molecule has 1 aromatic carbocycles. The van der Waals surface area contributed by atoms with E-state index in [1.54, 1.807) is 24.3 Å². The highest BCUT2D eigenvalue weighted by Crippen LogP contribution is 2.22. The number of furan rings is 1. The van der Waals surface area contributed by atoms with Gasteiger partial charge in [0, 0.05) is 5.69 Å². The number of amides is 1. The molecule has 1 aromatic heterocycles. The maximum absolute atomic E-state index is 11.9. The first kappa shape index (κ1) is 14.1. The second kappa shape index (κ2) is 6.25. The van der Waals surface area contributed by atoms with Gasteiger partial charge in [-0.05, 0) is 42.8 Å². The number of nitrogens with zero attached hydrogens (tertiary/aromatic N) is 1. The largest absolute Gasteiger partial charge is 0.459 e. The quantitative estimate of drug-likeness (QED) is 0.516. The van der Waals surface area contributed by atoms with Gasteiger partial charge in [0.25, 0.3) is 5.91 Å². The van der Waals surface area contributed by atoms with Crippen molar-refractivity contribution < 1.29 is 9.21 Å². The summed E-state index contributed by atoms with van der Waals surface area (Å²) >= 11 is 5.58. The van der Waals surface area contributed by atoms with E-state index in [1.807, 2.05) is 13.0 Å². The van der Waals surface area contributed by atoms with Gasteiger partial charge in [0.05, 0.1) is 17.8 Å². The number of nitrogens with one attached hydrogen (secondary N) is 1. The monoisotopic (exact) mass is 291 g/mol. The van der Waals surface area contributed by atoms with Crippen molar-refractivity contribution >= 4 is 34.7 Å². The molecule has 1 amide bonds. The minimum absolute atomic E-state index is 0.177. The van der Waals surface area contributed by atoms with Crippen LogP contribution in [-0.2, 0) is 0 Å². The highest BCUT2D eigenvalue weighted by atomic mass is 35.5. The minimum Gasteiger partial charge on any atom is -0.459 e. The molecule has 0 saturated carbocycles. The number of alkyl halides is 1. The summed E-state index contributed by atoms with van der Waals surface area (Å²) < 4.78 is 5.03. The van der Waals surface area contributed by atoms with Crippen LogP contribution in [0.4, 0.5) is 11.4 Å². The number of amidine groups is 1. The number of aryl methyl sites for hydroxylation is 1. The highest BCUT2D eigenvalue weighted by molar-refractivity contribution is 6.28. The summed E-state index contributed by atoms with van der Waals surface area (Å²) in [6.45, 7) is 1.87. The third-order valence-electron chi connectivity index (χ3n) is 2.61. The summed E-state index contributed by atoms with van der Waals surface area (Å²) in [6, 6.07) is 8.59.